The number of hydrogen-bond acceptors (Lipinski definition) is 5. The van der Waals surface area contributed by atoms with E-state index in [4.69, 9.17) is 4.74 Å². The molecule has 2 fully saturated rings. The van der Waals surface area contributed by atoms with Crippen molar-refractivity contribution in [2.24, 2.45) is 12.5 Å². The number of carbonyl (C=O) groups excluding carboxylic acids is 1. The zero-order valence-corrected chi connectivity index (χ0v) is 18.4. The number of ether oxygens (including phenoxy) is 1. The third-order valence-corrected chi connectivity index (χ3v) is 6.73. The van der Waals surface area contributed by atoms with Crippen LogP contribution < -0.4 is 0 Å². The van der Waals surface area contributed by atoms with Gasteiger partial charge in [-0.1, -0.05) is 60.7 Å². The second kappa shape index (κ2) is 8.84. The average Bonchev–Trinajstić information content (AvgIpc) is 3.37. The highest BCUT2D eigenvalue weighted by atomic mass is 16.5. The van der Waals surface area contributed by atoms with E-state index in [-0.39, 0.29) is 23.8 Å². The van der Waals surface area contributed by atoms with Gasteiger partial charge < -0.3 is 14.2 Å². The Bertz CT molecular complexity index is 1050. The molecule has 7 heteroatoms. The average molecular weight is 432 g/mol. The zero-order valence-electron chi connectivity index (χ0n) is 18.4. The zero-order chi connectivity index (χ0) is 22.0. The highest BCUT2D eigenvalue weighted by Crippen LogP contribution is 2.48. The molecule has 0 radical (unpaired) electrons. The summed E-state index contributed by atoms with van der Waals surface area (Å²) < 4.78 is 7.70. The molecule has 0 N–H and O–H groups in total. The van der Waals surface area contributed by atoms with Gasteiger partial charge in [0.05, 0.1) is 6.61 Å². The highest BCUT2D eigenvalue weighted by molar-refractivity contribution is 5.78. The minimum absolute atomic E-state index is 0.0185. The van der Waals surface area contributed by atoms with Crippen molar-refractivity contribution in [1.29, 1.82) is 0 Å². The number of nitrogens with zero attached hydrogens (tertiary/aromatic N) is 5. The van der Waals surface area contributed by atoms with Crippen molar-refractivity contribution in [3.05, 3.63) is 83.9 Å². The summed E-state index contributed by atoms with van der Waals surface area (Å²) >= 11 is 0. The van der Waals surface area contributed by atoms with E-state index in [9.17, 15) is 4.79 Å². The lowest BCUT2D eigenvalue weighted by atomic mass is 9.71. The van der Waals surface area contributed by atoms with Crippen LogP contribution >= 0.6 is 0 Å². The molecule has 1 atom stereocenters. The minimum Gasteiger partial charge on any atom is -0.367 e. The lowest BCUT2D eigenvalue weighted by Gasteiger charge is -2.50. The van der Waals surface area contributed by atoms with Crippen LogP contribution in [0, 0.1) is 5.41 Å². The Hall–Kier alpha value is -3.03. The molecule has 0 aliphatic carbocycles. The van der Waals surface area contributed by atoms with Gasteiger partial charge in [0.2, 0.25) is 5.91 Å². The molecule has 3 heterocycles. The first-order valence-corrected chi connectivity index (χ1v) is 11.1. The summed E-state index contributed by atoms with van der Waals surface area (Å²) in [5, 5.41) is 8.54. The summed E-state index contributed by atoms with van der Waals surface area (Å²) in [6.45, 7) is 4.84. The monoisotopic (exact) mass is 431 g/mol. The molecule has 2 aliphatic heterocycles. The number of aromatic nitrogens is 3. The number of aryl methyl sites for hydroxylation is 1. The Kier molecular flexibility index (Phi) is 5.76. The highest BCUT2D eigenvalue weighted by Gasteiger charge is 2.56. The van der Waals surface area contributed by atoms with E-state index in [1.807, 2.05) is 52.9 Å². The van der Waals surface area contributed by atoms with Crippen molar-refractivity contribution in [2.75, 3.05) is 32.8 Å². The van der Waals surface area contributed by atoms with Crippen molar-refractivity contribution in [2.45, 2.75) is 19.1 Å². The quantitative estimate of drug-likeness (QED) is 0.575. The molecule has 3 aromatic rings. The van der Waals surface area contributed by atoms with Crippen molar-refractivity contribution in [3.63, 3.8) is 0 Å². The molecule has 5 rings (SSSR count). The smallest absolute Gasteiger partial charge is 0.248 e. The van der Waals surface area contributed by atoms with Crippen molar-refractivity contribution in [1.82, 2.24) is 24.6 Å². The van der Waals surface area contributed by atoms with Gasteiger partial charge in [0, 0.05) is 51.1 Å². The van der Waals surface area contributed by atoms with Gasteiger partial charge in [0.1, 0.15) is 18.8 Å². The van der Waals surface area contributed by atoms with E-state index in [1.54, 1.807) is 6.33 Å². The topological polar surface area (TPSA) is 63.5 Å². The van der Waals surface area contributed by atoms with Crippen molar-refractivity contribution >= 4 is 5.91 Å². The van der Waals surface area contributed by atoms with E-state index >= 15 is 0 Å². The summed E-state index contributed by atoms with van der Waals surface area (Å²) in [6.07, 6.45) is 1.77. The number of carbonyl (C=O) groups is 1. The van der Waals surface area contributed by atoms with Crippen LogP contribution in [0.4, 0.5) is 0 Å². The fraction of sp³-hybridized carbons (Fsp3) is 0.400. The van der Waals surface area contributed by atoms with Crippen molar-refractivity contribution in [3.8, 4) is 0 Å². The molecule has 1 amide bonds. The van der Waals surface area contributed by atoms with Crippen LogP contribution in [0.3, 0.4) is 0 Å². The molecule has 166 valence electrons. The predicted molar refractivity (Wildman–Crippen MR) is 121 cm³/mol. The van der Waals surface area contributed by atoms with E-state index < -0.39 is 0 Å². The van der Waals surface area contributed by atoms with Crippen LogP contribution in [0.2, 0.25) is 0 Å². The summed E-state index contributed by atoms with van der Waals surface area (Å²) in [7, 11) is 2.00. The maximum absolute atomic E-state index is 12.7. The van der Waals surface area contributed by atoms with E-state index in [1.165, 1.54) is 5.56 Å². The first-order chi connectivity index (χ1) is 15.6. The van der Waals surface area contributed by atoms with Crippen LogP contribution in [-0.2, 0) is 29.7 Å². The molecule has 0 saturated carbocycles. The van der Waals surface area contributed by atoms with Gasteiger partial charge in [-0.25, -0.2) is 0 Å². The van der Waals surface area contributed by atoms with Crippen LogP contribution in [0.1, 0.15) is 22.9 Å². The molecule has 2 aliphatic rings. The summed E-state index contributed by atoms with van der Waals surface area (Å²) in [4.78, 5) is 17.2. The first-order valence-electron chi connectivity index (χ1n) is 11.1. The molecule has 32 heavy (non-hydrogen) atoms. The lowest BCUT2D eigenvalue weighted by molar-refractivity contribution is -0.149. The van der Waals surface area contributed by atoms with Gasteiger partial charge in [0.25, 0.3) is 0 Å². The van der Waals surface area contributed by atoms with Gasteiger partial charge in [-0.15, -0.1) is 10.2 Å². The fourth-order valence-electron chi connectivity index (χ4n) is 5.13. The largest absolute Gasteiger partial charge is 0.367 e. The maximum atomic E-state index is 12.7. The fourth-order valence-corrected chi connectivity index (χ4v) is 5.13. The molecule has 1 spiro atoms. The van der Waals surface area contributed by atoms with Crippen molar-refractivity contribution < 1.29 is 9.53 Å². The molecule has 1 unspecified atom stereocenters. The van der Waals surface area contributed by atoms with Gasteiger partial charge in [-0.2, -0.15) is 0 Å². The third kappa shape index (κ3) is 4.18. The number of hydrogen-bond donors (Lipinski definition) is 0. The Labute approximate surface area is 188 Å². The number of rotatable bonds is 7. The minimum atomic E-state index is 0.0185. The van der Waals surface area contributed by atoms with E-state index in [2.05, 4.69) is 39.4 Å². The molecular formula is C25H29N5O2. The second-order valence-corrected chi connectivity index (χ2v) is 9.10. The maximum Gasteiger partial charge on any atom is 0.248 e. The van der Waals surface area contributed by atoms with Gasteiger partial charge in [-0.05, 0) is 11.1 Å². The standard InChI is InChI=1S/C25H29N5O2/c1-28-19-26-27-24(28)22-13-29(12-20-8-4-2-5-9-20)16-25(22)17-30(18-25)23(31)15-32-14-21-10-6-3-7-11-21/h2-11,19,22H,12-18H2,1H3. The molecule has 2 saturated heterocycles. The normalized spacial score (nSPS) is 19.9. The molecule has 1 aromatic heterocycles. The van der Waals surface area contributed by atoms with Gasteiger partial charge >= 0.3 is 0 Å². The van der Waals surface area contributed by atoms with Gasteiger partial charge in [-0.3, -0.25) is 9.69 Å². The SMILES string of the molecule is Cn1cnnc1C1CN(Cc2ccccc2)CC12CN(C(=O)COCc1ccccc1)C2. The molecule has 7 nitrogen and oxygen atoms in total. The van der Waals surface area contributed by atoms with Crippen LogP contribution in [0.25, 0.3) is 0 Å². The van der Waals surface area contributed by atoms with Crippen LogP contribution in [-0.4, -0.2) is 63.3 Å². The number of amides is 1. The lowest BCUT2D eigenvalue weighted by Crippen LogP contribution is -2.62. The van der Waals surface area contributed by atoms with Crippen LogP contribution in [0.15, 0.2) is 67.0 Å². The number of likely N-dealkylation sites (tertiary alicyclic amines) is 2. The number of benzene rings is 2. The molecule has 0 bridgehead atoms. The second-order valence-electron chi connectivity index (χ2n) is 9.10. The Balaban J connectivity index is 1.23. The van der Waals surface area contributed by atoms with Gasteiger partial charge in [0.15, 0.2) is 0 Å². The van der Waals surface area contributed by atoms with Crippen LogP contribution in [0.5, 0.6) is 0 Å². The molecule has 2 aromatic carbocycles. The third-order valence-electron chi connectivity index (χ3n) is 6.73. The molecular weight excluding hydrogens is 402 g/mol. The summed E-state index contributed by atoms with van der Waals surface area (Å²) in [5.41, 5.74) is 2.41. The Morgan fingerprint density at radius 1 is 1.03 bits per heavy atom. The van der Waals surface area contributed by atoms with E-state index in [0.29, 0.717) is 6.61 Å². The summed E-state index contributed by atoms with van der Waals surface area (Å²) in [5.74, 6) is 1.32. The Morgan fingerprint density at radius 2 is 1.72 bits per heavy atom. The Morgan fingerprint density at radius 3 is 2.38 bits per heavy atom. The summed E-state index contributed by atoms with van der Waals surface area (Å²) in [6, 6.07) is 20.5. The van der Waals surface area contributed by atoms with E-state index in [0.717, 1.165) is 44.1 Å². The first kappa shape index (κ1) is 20.8. The predicted octanol–water partition coefficient (Wildman–Crippen LogP) is 2.46.